The summed E-state index contributed by atoms with van der Waals surface area (Å²) in [7, 11) is -7.25. The van der Waals surface area contributed by atoms with E-state index >= 15 is 0 Å². The molecule has 1 aliphatic heterocycles. The molecular formula is C18H27FN2O6S2. The van der Waals surface area contributed by atoms with Crippen LogP contribution in [0.2, 0.25) is 0 Å². The van der Waals surface area contributed by atoms with Crippen molar-refractivity contribution in [2.75, 3.05) is 19.3 Å². The number of nitrogens with one attached hydrogen (secondary N) is 2. The number of aryl methyl sites for hydroxylation is 1. The Morgan fingerprint density at radius 3 is 2.17 bits per heavy atom. The third-order valence-electron chi connectivity index (χ3n) is 4.10. The number of hydrogen-bond donors (Lipinski definition) is 3. The largest absolute Gasteiger partial charge is 0.347 e. The van der Waals surface area contributed by atoms with Crippen LogP contribution in [0.15, 0.2) is 40.6 Å². The highest BCUT2D eigenvalue weighted by Gasteiger charge is 2.39. The molecule has 3 N–H and O–H groups in total. The number of carbonyl (C=O) groups excluding carboxylic acids is 1. The van der Waals surface area contributed by atoms with Crippen molar-refractivity contribution in [2.45, 2.75) is 43.3 Å². The number of hydrogen-bond acceptors (Lipinski definition) is 6. The SMILES string of the molecule is C[C@H](/C=C\S(C)(=O)=O)NC(=O)C1(F)CCNCC1.Cc1ccc(S(=O)(=O)O)cc1. The zero-order valence-electron chi connectivity index (χ0n) is 16.6. The molecule has 0 aliphatic carbocycles. The zero-order chi connectivity index (χ0) is 22.3. The number of rotatable bonds is 5. The molecule has 0 saturated carbocycles. The van der Waals surface area contributed by atoms with Crippen LogP contribution in [0.4, 0.5) is 4.39 Å². The van der Waals surface area contributed by atoms with E-state index in [1.807, 2.05) is 6.92 Å². The van der Waals surface area contributed by atoms with Gasteiger partial charge in [0.15, 0.2) is 15.5 Å². The average molecular weight is 451 g/mol. The molecule has 1 heterocycles. The van der Waals surface area contributed by atoms with Gasteiger partial charge in [0.1, 0.15) is 0 Å². The summed E-state index contributed by atoms with van der Waals surface area (Å²) in [6.45, 7) is 4.38. The van der Waals surface area contributed by atoms with Crippen molar-refractivity contribution in [3.63, 3.8) is 0 Å². The molecule has 164 valence electrons. The van der Waals surface area contributed by atoms with Gasteiger partial charge in [0.05, 0.1) is 4.90 Å². The van der Waals surface area contributed by atoms with Crippen LogP contribution in [0.5, 0.6) is 0 Å². The molecule has 1 aromatic carbocycles. The predicted octanol–water partition coefficient (Wildman–Crippen LogP) is 1.38. The fourth-order valence-corrected chi connectivity index (χ4v) is 3.41. The van der Waals surface area contributed by atoms with Gasteiger partial charge in [-0.15, -0.1) is 0 Å². The normalized spacial score (nSPS) is 17.8. The summed E-state index contributed by atoms with van der Waals surface area (Å²) in [5.41, 5.74) is -0.893. The molecule has 1 fully saturated rings. The van der Waals surface area contributed by atoms with Crippen LogP contribution in [0.3, 0.4) is 0 Å². The molecule has 1 aromatic rings. The number of benzene rings is 1. The summed E-state index contributed by atoms with van der Waals surface area (Å²) in [5, 5.41) is 6.45. The van der Waals surface area contributed by atoms with E-state index in [9.17, 15) is 26.0 Å². The Kier molecular flexibility index (Phi) is 8.94. The topological polar surface area (TPSA) is 130 Å². The lowest BCUT2D eigenvalue weighted by Crippen LogP contribution is -2.51. The Bertz CT molecular complexity index is 922. The van der Waals surface area contributed by atoms with Gasteiger partial charge >= 0.3 is 0 Å². The van der Waals surface area contributed by atoms with E-state index in [1.54, 1.807) is 19.1 Å². The summed E-state index contributed by atoms with van der Waals surface area (Å²) in [5.74, 6) is -0.672. The van der Waals surface area contributed by atoms with Gasteiger partial charge in [0.25, 0.3) is 16.0 Å². The Hall–Kier alpha value is -1.82. The first-order valence-electron chi connectivity index (χ1n) is 8.86. The smallest absolute Gasteiger partial charge is 0.294 e. The number of halogens is 1. The summed E-state index contributed by atoms with van der Waals surface area (Å²) in [6, 6.07) is 5.47. The monoisotopic (exact) mass is 450 g/mol. The molecule has 0 aromatic heterocycles. The maximum Gasteiger partial charge on any atom is 0.294 e. The molecule has 8 nitrogen and oxygen atoms in total. The first-order valence-corrected chi connectivity index (χ1v) is 12.3. The minimum Gasteiger partial charge on any atom is -0.347 e. The van der Waals surface area contributed by atoms with Gasteiger partial charge in [0.2, 0.25) is 0 Å². The van der Waals surface area contributed by atoms with Gasteiger partial charge in [-0.05, 0) is 39.1 Å². The lowest BCUT2D eigenvalue weighted by Gasteiger charge is -2.29. The first-order chi connectivity index (χ1) is 13.2. The maximum absolute atomic E-state index is 14.2. The van der Waals surface area contributed by atoms with Crippen LogP contribution in [-0.4, -0.2) is 58.4 Å². The highest BCUT2D eigenvalue weighted by Crippen LogP contribution is 2.23. The van der Waals surface area contributed by atoms with Crippen LogP contribution in [0.1, 0.15) is 25.3 Å². The Labute approximate surface area is 171 Å². The Morgan fingerprint density at radius 2 is 1.72 bits per heavy atom. The first kappa shape index (κ1) is 25.2. The van der Waals surface area contributed by atoms with Gasteiger partial charge < -0.3 is 10.6 Å². The van der Waals surface area contributed by atoms with Crippen LogP contribution >= 0.6 is 0 Å². The van der Waals surface area contributed by atoms with E-state index in [2.05, 4.69) is 10.6 Å². The molecule has 0 unspecified atom stereocenters. The number of carbonyl (C=O) groups is 1. The molecule has 1 amide bonds. The second-order valence-corrected chi connectivity index (χ2v) is 10.3. The van der Waals surface area contributed by atoms with E-state index in [0.717, 1.165) is 17.2 Å². The van der Waals surface area contributed by atoms with Crippen LogP contribution < -0.4 is 10.6 Å². The molecule has 1 atom stereocenters. The number of sulfone groups is 1. The molecule has 0 spiro atoms. The van der Waals surface area contributed by atoms with E-state index < -0.39 is 37.6 Å². The summed E-state index contributed by atoms with van der Waals surface area (Å²) < 4.78 is 65.6. The minimum absolute atomic E-state index is 0.0666. The fraction of sp³-hybridized carbons (Fsp3) is 0.500. The zero-order valence-corrected chi connectivity index (χ0v) is 18.2. The molecule has 11 heteroatoms. The number of piperidine rings is 1. The van der Waals surface area contributed by atoms with E-state index in [0.29, 0.717) is 13.1 Å². The van der Waals surface area contributed by atoms with Gasteiger partial charge in [-0.2, -0.15) is 8.42 Å². The van der Waals surface area contributed by atoms with Gasteiger partial charge in [0, 0.05) is 30.5 Å². The molecular weight excluding hydrogens is 423 g/mol. The Balaban J connectivity index is 0.000000326. The van der Waals surface area contributed by atoms with Crippen LogP contribution in [0.25, 0.3) is 0 Å². The van der Waals surface area contributed by atoms with Crippen molar-refractivity contribution in [3.05, 3.63) is 41.3 Å². The standard InChI is InChI=1S/C11H19FN2O3S.C7H8O3S/c1-9(3-8-18(2,16)17)14-10(15)11(12)4-6-13-7-5-11;1-6-2-4-7(5-3-6)11(8,9)10/h3,8-9,13H,4-7H2,1-2H3,(H,14,15);2-5H,1H3,(H,8,9,10)/b8-3-;/t9-;/m1./s1. The molecule has 1 saturated heterocycles. The summed E-state index contributed by atoms with van der Waals surface area (Å²) in [4.78, 5) is 11.7. The van der Waals surface area contributed by atoms with Gasteiger partial charge in [-0.1, -0.05) is 23.8 Å². The molecule has 29 heavy (non-hydrogen) atoms. The fourth-order valence-electron chi connectivity index (χ4n) is 2.41. The second-order valence-electron chi connectivity index (χ2n) is 6.92. The summed E-state index contributed by atoms with van der Waals surface area (Å²) >= 11 is 0. The van der Waals surface area contributed by atoms with E-state index in [1.165, 1.54) is 18.2 Å². The van der Waals surface area contributed by atoms with Gasteiger partial charge in [-0.25, -0.2) is 12.8 Å². The third-order valence-corrected chi connectivity index (χ3v) is 5.61. The minimum atomic E-state index is -4.02. The average Bonchev–Trinajstić information content (AvgIpc) is 2.60. The lowest BCUT2D eigenvalue weighted by atomic mass is 9.93. The van der Waals surface area contributed by atoms with Crippen LogP contribution in [-0.2, 0) is 24.7 Å². The number of amides is 1. The highest BCUT2D eigenvalue weighted by atomic mass is 32.2. The van der Waals surface area contributed by atoms with Crippen molar-refractivity contribution in [2.24, 2.45) is 0 Å². The van der Waals surface area contributed by atoms with E-state index in [-0.39, 0.29) is 17.7 Å². The lowest BCUT2D eigenvalue weighted by molar-refractivity contribution is -0.134. The predicted molar refractivity (Wildman–Crippen MR) is 109 cm³/mol. The Morgan fingerprint density at radius 1 is 1.21 bits per heavy atom. The molecule has 0 bridgehead atoms. The second kappa shape index (κ2) is 10.3. The third kappa shape index (κ3) is 9.48. The van der Waals surface area contributed by atoms with Crippen molar-refractivity contribution >= 4 is 25.9 Å². The maximum atomic E-state index is 14.2. The quantitative estimate of drug-likeness (QED) is 0.578. The number of alkyl halides is 1. The van der Waals surface area contributed by atoms with Gasteiger partial charge in [-0.3, -0.25) is 9.35 Å². The summed E-state index contributed by atoms with van der Waals surface area (Å²) in [6.07, 6.45) is 2.67. The molecule has 0 radical (unpaired) electrons. The van der Waals surface area contributed by atoms with Crippen LogP contribution in [0, 0.1) is 6.92 Å². The van der Waals surface area contributed by atoms with Crippen molar-refractivity contribution in [3.8, 4) is 0 Å². The van der Waals surface area contributed by atoms with E-state index in [4.69, 9.17) is 4.55 Å². The molecule has 1 aliphatic rings. The van der Waals surface area contributed by atoms with Crippen molar-refractivity contribution < 1.29 is 30.6 Å². The highest BCUT2D eigenvalue weighted by molar-refractivity contribution is 7.93. The van der Waals surface area contributed by atoms with Crippen molar-refractivity contribution in [1.29, 1.82) is 0 Å². The molecule has 2 rings (SSSR count). The van der Waals surface area contributed by atoms with Crippen molar-refractivity contribution in [1.82, 2.24) is 10.6 Å².